The molecule has 0 atom stereocenters. The van der Waals surface area contributed by atoms with Gasteiger partial charge in [-0.1, -0.05) is 12.1 Å². The van der Waals surface area contributed by atoms with Crippen LogP contribution in [0.5, 0.6) is 0 Å². The summed E-state index contributed by atoms with van der Waals surface area (Å²) in [5, 5.41) is 5.44. The molecule has 2 rings (SSSR count). The van der Waals surface area contributed by atoms with Gasteiger partial charge in [-0.05, 0) is 48.3 Å². The first kappa shape index (κ1) is 16.2. The van der Waals surface area contributed by atoms with Gasteiger partial charge in [-0.2, -0.15) is 23.5 Å². The van der Waals surface area contributed by atoms with E-state index in [-0.39, 0.29) is 6.04 Å². The zero-order valence-electron chi connectivity index (χ0n) is 12.1. The maximum atomic E-state index is 11.9. The van der Waals surface area contributed by atoms with Crippen molar-refractivity contribution in [2.45, 2.75) is 24.6 Å². The minimum absolute atomic E-state index is 0.133. The molecule has 1 aliphatic rings. The average molecular weight is 324 g/mol. The predicted molar refractivity (Wildman–Crippen MR) is 90.8 cm³/mol. The molecule has 0 bridgehead atoms. The normalized spacial score (nSPS) is 15.5. The number of hydrogen-bond donors (Lipinski definition) is 2. The number of hydrogen-bond acceptors (Lipinski definition) is 4. The number of carbonyl (C=O) groups is 2. The zero-order valence-corrected chi connectivity index (χ0v) is 13.7. The standard InChI is InChI=1S/C15H20N2O2S2/c1-20-10-11-2-4-12(5-3-11)16-14(18)15(19)17-13-6-8-21-9-7-13/h2-5,13H,6-10H2,1H3,(H,16,18)(H,17,19). The number of carbonyl (C=O) groups excluding carboxylic acids is 2. The van der Waals surface area contributed by atoms with Crippen LogP contribution in [0.4, 0.5) is 5.69 Å². The highest BCUT2D eigenvalue weighted by Crippen LogP contribution is 2.17. The highest BCUT2D eigenvalue weighted by Gasteiger charge is 2.20. The summed E-state index contributed by atoms with van der Waals surface area (Å²) < 4.78 is 0. The van der Waals surface area contributed by atoms with Gasteiger partial charge in [-0.3, -0.25) is 9.59 Å². The van der Waals surface area contributed by atoms with E-state index in [2.05, 4.69) is 10.6 Å². The average Bonchev–Trinajstić information content (AvgIpc) is 2.50. The molecular formula is C15H20N2O2S2. The van der Waals surface area contributed by atoms with Gasteiger partial charge in [0.25, 0.3) is 0 Å². The molecule has 1 heterocycles. The van der Waals surface area contributed by atoms with Crippen LogP contribution in [0.2, 0.25) is 0 Å². The van der Waals surface area contributed by atoms with Gasteiger partial charge in [-0.25, -0.2) is 0 Å². The first-order valence-electron chi connectivity index (χ1n) is 6.96. The summed E-state index contributed by atoms with van der Waals surface area (Å²) in [6, 6.07) is 7.71. The van der Waals surface area contributed by atoms with E-state index in [1.54, 1.807) is 11.8 Å². The van der Waals surface area contributed by atoms with Gasteiger partial charge in [0.2, 0.25) is 0 Å². The summed E-state index contributed by atoms with van der Waals surface area (Å²) in [6.45, 7) is 0. The molecule has 1 fully saturated rings. The lowest BCUT2D eigenvalue weighted by Gasteiger charge is -2.22. The van der Waals surface area contributed by atoms with E-state index in [0.717, 1.165) is 30.1 Å². The van der Waals surface area contributed by atoms with Crippen LogP contribution in [0.3, 0.4) is 0 Å². The molecule has 0 saturated carbocycles. The van der Waals surface area contributed by atoms with E-state index in [1.807, 2.05) is 42.3 Å². The SMILES string of the molecule is CSCc1ccc(NC(=O)C(=O)NC2CCSCC2)cc1. The second kappa shape index (κ2) is 8.34. The summed E-state index contributed by atoms with van der Waals surface area (Å²) in [5.41, 5.74) is 1.85. The Labute approximate surface area is 133 Å². The molecule has 0 unspecified atom stereocenters. The van der Waals surface area contributed by atoms with Crippen LogP contribution in [0.1, 0.15) is 18.4 Å². The Morgan fingerprint density at radius 3 is 2.48 bits per heavy atom. The van der Waals surface area contributed by atoms with Crippen molar-refractivity contribution in [2.24, 2.45) is 0 Å². The van der Waals surface area contributed by atoms with Crippen molar-refractivity contribution in [1.29, 1.82) is 0 Å². The van der Waals surface area contributed by atoms with Gasteiger partial charge in [0.05, 0.1) is 0 Å². The molecular weight excluding hydrogens is 304 g/mol. The number of thioether (sulfide) groups is 2. The predicted octanol–water partition coefficient (Wildman–Crippen LogP) is 2.50. The molecule has 1 saturated heterocycles. The van der Waals surface area contributed by atoms with Crippen molar-refractivity contribution in [2.75, 3.05) is 23.1 Å². The first-order valence-corrected chi connectivity index (χ1v) is 9.51. The van der Waals surface area contributed by atoms with Crippen LogP contribution in [-0.2, 0) is 15.3 Å². The maximum Gasteiger partial charge on any atom is 0.313 e. The molecule has 0 aromatic heterocycles. The van der Waals surface area contributed by atoms with E-state index in [1.165, 1.54) is 5.56 Å². The Balaban J connectivity index is 1.83. The second-order valence-corrected chi connectivity index (χ2v) is 7.03. The molecule has 6 heteroatoms. The smallest absolute Gasteiger partial charge is 0.313 e. The maximum absolute atomic E-state index is 11.9. The number of nitrogens with one attached hydrogen (secondary N) is 2. The molecule has 1 aromatic rings. The highest BCUT2D eigenvalue weighted by molar-refractivity contribution is 7.99. The Morgan fingerprint density at radius 1 is 1.19 bits per heavy atom. The van der Waals surface area contributed by atoms with E-state index in [9.17, 15) is 9.59 Å². The monoisotopic (exact) mass is 324 g/mol. The third-order valence-electron chi connectivity index (χ3n) is 3.29. The van der Waals surface area contributed by atoms with Crippen molar-refractivity contribution >= 4 is 41.0 Å². The van der Waals surface area contributed by atoms with Gasteiger partial charge in [-0.15, -0.1) is 0 Å². The van der Waals surface area contributed by atoms with Crippen LogP contribution in [0.25, 0.3) is 0 Å². The van der Waals surface area contributed by atoms with E-state index >= 15 is 0 Å². The molecule has 4 nitrogen and oxygen atoms in total. The lowest BCUT2D eigenvalue weighted by molar-refractivity contribution is -0.136. The lowest BCUT2D eigenvalue weighted by Crippen LogP contribution is -2.43. The van der Waals surface area contributed by atoms with Gasteiger partial charge >= 0.3 is 11.8 Å². The van der Waals surface area contributed by atoms with Crippen LogP contribution in [0, 0.1) is 0 Å². The van der Waals surface area contributed by atoms with Crippen LogP contribution in [0.15, 0.2) is 24.3 Å². The van der Waals surface area contributed by atoms with Crippen molar-refractivity contribution in [1.82, 2.24) is 5.32 Å². The quantitative estimate of drug-likeness (QED) is 0.836. The third-order valence-corrected chi connectivity index (χ3v) is 4.96. The molecule has 114 valence electrons. The topological polar surface area (TPSA) is 58.2 Å². The molecule has 0 radical (unpaired) electrons. The Bertz CT molecular complexity index is 485. The Morgan fingerprint density at radius 2 is 1.86 bits per heavy atom. The van der Waals surface area contributed by atoms with Crippen molar-refractivity contribution in [3.8, 4) is 0 Å². The lowest BCUT2D eigenvalue weighted by atomic mass is 10.1. The molecule has 1 aromatic carbocycles. The Hall–Kier alpha value is -1.14. The fraction of sp³-hybridized carbons (Fsp3) is 0.467. The van der Waals surface area contributed by atoms with Crippen LogP contribution in [-0.4, -0.2) is 35.6 Å². The fourth-order valence-electron chi connectivity index (χ4n) is 2.13. The van der Waals surface area contributed by atoms with Crippen molar-refractivity contribution < 1.29 is 9.59 Å². The minimum atomic E-state index is -0.592. The highest BCUT2D eigenvalue weighted by atomic mass is 32.2. The minimum Gasteiger partial charge on any atom is -0.345 e. The van der Waals surface area contributed by atoms with Gasteiger partial charge in [0.1, 0.15) is 0 Å². The molecule has 21 heavy (non-hydrogen) atoms. The van der Waals surface area contributed by atoms with Gasteiger partial charge in [0.15, 0.2) is 0 Å². The summed E-state index contributed by atoms with van der Waals surface area (Å²) in [4.78, 5) is 23.7. The number of amides is 2. The van der Waals surface area contributed by atoms with Gasteiger partial charge < -0.3 is 10.6 Å². The van der Waals surface area contributed by atoms with Crippen LogP contribution >= 0.6 is 23.5 Å². The molecule has 0 aliphatic carbocycles. The van der Waals surface area contributed by atoms with Crippen molar-refractivity contribution in [3.05, 3.63) is 29.8 Å². The number of benzene rings is 1. The summed E-state index contributed by atoms with van der Waals surface area (Å²) in [7, 11) is 0. The van der Waals surface area contributed by atoms with E-state index in [4.69, 9.17) is 0 Å². The molecule has 2 amide bonds. The van der Waals surface area contributed by atoms with Crippen molar-refractivity contribution in [3.63, 3.8) is 0 Å². The summed E-state index contributed by atoms with van der Waals surface area (Å²) in [6.07, 6.45) is 3.92. The Kier molecular flexibility index (Phi) is 6.45. The van der Waals surface area contributed by atoms with E-state index in [0.29, 0.717) is 5.69 Å². The third kappa shape index (κ3) is 5.28. The second-order valence-electron chi connectivity index (χ2n) is 4.94. The zero-order chi connectivity index (χ0) is 15.1. The fourth-order valence-corrected chi connectivity index (χ4v) is 3.76. The molecule has 2 N–H and O–H groups in total. The summed E-state index contributed by atoms with van der Waals surface area (Å²) >= 11 is 3.63. The van der Waals surface area contributed by atoms with Crippen LogP contribution < -0.4 is 10.6 Å². The molecule has 1 aliphatic heterocycles. The largest absolute Gasteiger partial charge is 0.345 e. The molecule has 0 spiro atoms. The number of rotatable bonds is 4. The van der Waals surface area contributed by atoms with Gasteiger partial charge in [0, 0.05) is 17.5 Å². The number of anilines is 1. The first-order chi connectivity index (χ1) is 10.2. The van der Waals surface area contributed by atoms with E-state index < -0.39 is 11.8 Å². The summed E-state index contributed by atoms with van der Waals surface area (Å²) in [5.74, 6) is 1.90.